The summed E-state index contributed by atoms with van der Waals surface area (Å²) >= 11 is 0. The lowest BCUT2D eigenvalue weighted by Crippen LogP contribution is -2.50. The summed E-state index contributed by atoms with van der Waals surface area (Å²) in [6, 6.07) is 23.0. The Kier molecular flexibility index (Phi) is 3.95. The van der Waals surface area contributed by atoms with Crippen LogP contribution in [0.4, 0.5) is 0 Å². The van der Waals surface area contributed by atoms with E-state index >= 15 is 0 Å². The Labute approximate surface area is 151 Å². The molecule has 4 heteroatoms. The molecule has 0 saturated carbocycles. The zero-order valence-electron chi connectivity index (χ0n) is 14.3. The molecular formula is C22H17NO3. The van der Waals surface area contributed by atoms with E-state index in [9.17, 15) is 10.1 Å². The van der Waals surface area contributed by atoms with Crippen LogP contribution in [0.15, 0.2) is 66.7 Å². The molecule has 1 aliphatic heterocycles. The molecule has 1 heterocycles. The summed E-state index contributed by atoms with van der Waals surface area (Å²) in [5, 5.41) is 11.8. The molecule has 0 N–H and O–H groups in total. The maximum atomic E-state index is 13.4. The Morgan fingerprint density at radius 1 is 1.08 bits per heavy atom. The molecule has 0 aliphatic carbocycles. The molecule has 0 amide bonds. The van der Waals surface area contributed by atoms with Crippen molar-refractivity contribution in [3.8, 4) is 11.8 Å². The standard InChI is InChI=1S/C22H17NO3/c1-25-21-22(14-23,13-15-7-3-2-4-8-15)20(24)18-12-11-16-9-5-6-10-17(16)19(18)26-21/h2-12,21H,13H2,1H3/t21-,22+/m0/s1. The highest BCUT2D eigenvalue weighted by Gasteiger charge is 2.53. The SMILES string of the molecule is CO[C@H]1Oc2c(ccc3ccccc23)C(=O)[C@]1(C#N)Cc1ccccc1. The molecule has 2 atom stereocenters. The van der Waals surface area contributed by atoms with Gasteiger partial charge >= 0.3 is 0 Å². The predicted molar refractivity (Wildman–Crippen MR) is 97.9 cm³/mol. The van der Waals surface area contributed by atoms with Crippen molar-refractivity contribution in [1.82, 2.24) is 0 Å². The van der Waals surface area contributed by atoms with E-state index in [0.717, 1.165) is 16.3 Å². The van der Waals surface area contributed by atoms with Gasteiger partial charge in [0.1, 0.15) is 5.75 Å². The zero-order chi connectivity index (χ0) is 18.1. The summed E-state index contributed by atoms with van der Waals surface area (Å²) in [5.74, 6) is 0.224. The van der Waals surface area contributed by atoms with Gasteiger partial charge in [0.15, 0.2) is 11.2 Å². The minimum absolute atomic E-state index is 0.230. The Morgan fingerprint density at radius 2 is 1.81 bits per heavy atom. The molecule has 0 radical (unpaired) electrons. The minimum Gasteiger partial charge on any atom is -0.461 e. The molecule has 0 saturated heterocycles. The molecule has 3 aromatic carbocycles. The summed E-state index contributed by atoms with van der Waals surface area (Å²) in [4.78, 5) is 13.4. The molecular weight excluding hydrogens is 326 g/mol. The number of nitrogens with zero attached hydrogens (tertiary/aromatic N) is 1. The van der Waals surface area contributed by atoms with Gasteiger partial charge in [-0.2, -0.15) is 5.26 Å². The van der Waals surface area contributed by atoms with Gasteiger partial charge in [0.05, 0.1) is 11.6 Å². The second kappa shape index (κ2) is 6.29. The smallest absolute Gasteiger partial charge is 0.226 e. The Balaban J connectivity index is 1.88. The first-order valence-corrected chi connectivity index (χ1v) is 8.41. The van der Waals surface area contributed by atoms with Crippen LogP contribution in [-0.4, -0.2) is 19.2 Å². The summed E-state index contributed by atoms with van der Waals surface area (Å²) in [6.45, 7) is 0. The Bertz CT molecular complexity index is 1020. The fraction of sp³-hybridized carbons (Fsp3) is 0.182. The number of ether oxygens (including phenoxy) is 2. The number of rotatable bonds is 3. The van der Waals surface area contributed by atoms with E-state index in [1.807, 2.05) is 60.7 Å². The first-order chi connectivity index (χ1) is 12.7. The highest BCUT2D eigenvalue weighted by atomic mass is 16.7. The monoisotopic (exact) mass is 343 g/mol. The van der Waals surface area contributed by atoms with E-state index in [1.165, 1.54) is 7.11 Å². The number of carbonyl (C=O) groups is 1. The molecule has 1 aliphatic rings. The van der Waals surface area contributed by atoms with Gasteiger partial charge in [-0.05, 0) is 17.0 Å². The third-order valence-corrected chi connectivity index (χ3v) is 4.90. The lowest BCUT2D eigenvalue weighted by atomic mass is 9.74. The summed E-state index contributed by atoms with van der Waals surface area (Å²) in [7, 11) is 1.46. The van der Waals surface area contributed by atoms with E-state index in [4.69, 9.17) is 9.47 Å². The van der Waals surface area contributed by atoms with Crippen LogP contribution < -0.4 is 4.74 Å². The second-order valence-corrected chi connectivity index (χ2v) is 6.42. The van der Waals surface area contributed by atoms with E-state index < -0.39 is 11.7 Å². The van der Waals surface area contributed by atoms with Crippen molar-refractivity contribution in [2.45, 2.75) is 12.7 Å². The lowest BCUT2D eigenvalue weighted by Gasteiger charge is -2.37. The third kappa shape index (κ3) is 2.37. The van der Waals surface area contributed by atoms with Crippen LogP contribution in [-0.2, 0) is 11.2 Å². The van der Waals surface area contributed by atoms with Crippen molar-refractivity contribution in [1.29, 1.82) is 5.26 Å². The molecule has 0 fully saturated rings. The lowest BCUT2D eigenvalue weighted by molar-refractivity contribution is -0.110. The summed E-state index contributed by atoms with van der Waals surface area (Å²) in [6.07, 6.45) is -0.743. The molecule has 0 spiro atoms. The van der Waals surface area contributed by atoms with Crippen molar-refractivity contribution in [2.75, 3.05) is 7.11 Å². The Hall–Kier alpha value is -3.16. The minimum atomic E-state index is -1.43. The number of nitriles is 1. The first kappa shape index (κ1) is 16.3. The van der Waals surface area contributed by atoms with Crippen LogP contribution >= 0.6 is 0 Å². The molecule has 3 aromatic rings. The van der Waals surface area contributed by atoms with Gasteiger partial charge in [-0.1, -0.05) is 60.7 Å². The third-order valence-electron chi connectivity index (χ3n) is 4.90. The van der Waals surface area contributed by atoms with Crippen LogP contribution in [0.2, 0.25) is 0 Å². The number of ketones is 1. The van der Waals surface area contributed by atoms with Gasteiger partial charge in [-0.15, -0.1) is 0 Å². The number of fused-ring (bicyclic) bond motifs is 3. The van der Waals surface area contributed by atoms with Gasteiger partial charge in [-0.25, -0.2) is 0 Å². The fourth-order valence-electron chi connectivity index (χ4n) is 3.58. The number of hydrogen-bond acceptors (Lipinski definition) is 4. The highest BCUT2D eigenvalue weighted by Crippen LogP contribution is 2.44. The van der Waals surface area contributed by atoms with Crippen LogP contribution in [0.3, 0.4) is 0 Å². The molecule has 0 bridgehead atoms. The van der Waals surface area contributed by atoms with Gasteiger partial charge < -0.3 is 9.47 Å². The van der Waals surface area contributed by atoms with Gasteiger partial charge in [0.25, 0.3) is 0 Å². The van der Waals surface area contributed by atoms with Crippen molar-refractivity contribution >= 4 is 16.6 Å². The molecule has 0 aromatic heterocycles. The van der Waals surface area contributed by atoms with Crippen molar-refractivity contribution in [3.05, 3.63) is 77.9 Å². The maximum absolute atomic E-state index is 13.4. The molecule has 0 unspecified atom stereocenters. The van der Waals surface area contributed by atoms with Crippen LogP contribution in [0.1, 0.15) is 15.9 Å². The van der Waals surface area contributed by atoms with Crippen LogP contribution in [0, 0.1) is 16.7 Å². The molecule has 4 rings (SSSR count). The quantitative estimate of drug-likeness (QED) is 0.717. The first-order valence-electron chi connectivity index (χ1n) is 8.41. The Morgan fingerprint density at radius 3 is 2.54 bits per heavy atom. The number of Topliss-reactive ketones (excluding diaryl/α,β-unsaturated/α-hetero) is 1. The second-order valence-electron chi connectivity index (χ2n) is 6.42. The van der Waals surface area contributed by atoms with E-state index in [1.54, 1.807) is 6.07 Å². The molecule has 26 heavy (non-hydrogen) atoms. The highest BCUT2D eigenvalue weighted by molar-refractivity contribution is 6.10. The predicted octanol–water partition coefficient (Wildman–Crippen LogP) is 4.14. The topological polar surface area (TPSA) is 59.3 Å². The average Bonchev–Trinajstić information content (AvgIpc) is 2.70. The van der Waals surface area contributed by atoms with Crippen molar-refractivity contribution < 1.29 is 14.3 Å². The normalized spacial score (nSPS) is 21.7. The zero-order valence-corrected chi connectivity index (χ0v) is 14.3. The van der Waals surface area contributed by atoms with Crippen molar-refractivity contribution in [3.63, 3.8) is 0 Å². The number of carbonyl (C=O) groups excluding carboxylic acids is 1. The largest absolute Gasteiger partial charge is 0.461 e. The number of hydrogen-bond donors (Lipinski definition) is 0. The fourth-order valence-corrected chi connectivity index (χ4v) is 3.58. The van der Waals surface area contributed by atoms with Crippen molar-refractivity contribution in [2.24, 2.45) is 5.41 Å². The van der Waals surface area contributed by atoms with E-state index in [-0.39, 0.29) is 12.2 Å². The average molecular weight is 343 g/mol. The summed E-state index contributed by atoms with van der Waals surface area (Å²) in [5.41, 5.74) is -0.113. The number of methoxy groups -OCH3 is 1. The van der Waals surface area contributed by atoms with E-state index in [2.05, 4.69) is 6.07 Å². The van der Waals surface area contributed by atoms with Crippen LogP contribution in [0.5, 0.6) is 5.75 Å². The molecule has 4 nitrogen and oxygen atoms in total. The molecule has 128 valence electrons. The van der Waals surface area contributed by atoms with Gasteiger partial charge in [0, 0.05) is 18.9 Å². The van der Waals surface area contributed by atoms with Gasteiger partial charge in [0.2, 0.25) is 6.29 Å². The van der Waals surface area contributed by atoms with Gasteiger partial charge in [-0.3, -0.25) is 4.79 Å². The maximum Gasteiger partial charge on any atom is 0.226 e. The summed E-state index contributed by atoms with van der Waals surface area (Å²) < 4.78 is 11.6. The van der Waals surface area contributed by atoms with Crippen LogP contribution in [0.25, 0.3) is 10.8 Å². The van der Waals surface area contributed by atoms with E-state index in [0.29, 0.717) is 11.3 Å². The number of benzene rings is 3.